The Hall–Kier alpha value is -0.930. The van der Waals surface area contributed by atoms with Crippen LogP contribution in [0.2, 0.25) is 0 Å². The van der Waals surface area contributed by atoms with Crippen LogP contribution in [0.4, 0.5) is 4.39 Å². The molecule has 0 amide bonds. The van der Waals surface area contributed by atoms with E-state index in [0.29, 0.717) is 6.61 Å². The van der Waals surface area contributed by atoms with Crippen molar-refractivity contribution in [3.63, 3.8) is 0 Å². The van der Waals surface area contributed by atoms with E-state index < -0.39 is 0 Å². The largest absolute Gasteiger partial charge is 0.375 e. The lowest BCUT2D eigenvalue weighted by molar-refractivity contribution is -0.0103. The molecule has 0 aliphatic carbocycles. The van der Waals surface area contributed by atoms with E-state index in [1.807, 2.05) is 33.8 Å². The van der Waals surface area contributed by atoms with Crippen LogP contribution < -0.4 is 5.32 Å². The Labute approximate surface area is 103 Å². The first kappa shape index (κ1) is 14.1. The van der Waals surface area contributed by atoms with Gasteiger partial charge in [-0.1, -0.05) is 12.1 Å². The molecule has 1 atom stereocenters. The normalized spacial score (nSPS) is 13.7. The molecule has 0 aliphatic rings. The van der Waals surface area contributed by atoms with Gasteiger partial charge in [-0.3, -0.25) is 0 Å². The van der Waals surface area contributed by atoms with Gasteiger partial charge in [0, 0.05) is 19.2 Å². The molecule has 0 spiro atoms. The van der Waals surface area contributed by atoms with E-state index in [4.69, 9.17) is 4.74 Å². The third-order valence-electron chi connectivity index (χ3n) is 2.72. The van der Waals surface area contributed by atoms with Crippen molar-refractivity contribution in [1.82, 2.24) is 5.32 Å². The van der Waals surface area contributed by atoms with Crippen LogP contribution in [-0.4, -0.2) is 18.8 Å². The van der Waals surface area contributed by atoms with Gasteiger partial charge in [-0.05, 0) is 45.4 Å². The van der Waals surface area contributed by atoms with Gasteiger partial charge in [0.25, 0.3) is 0 Å². The van der Waals surface area contributed by atoms with Crippen LogP contribution in [0.3, 0.4) is 0 Å². The molecule has 1 aromatic rings. The van der Waals surface area contributed by atoms with Crippen LogP contribution in [0.25, 0.3) is 0 Å². The van der Waals surface area contributed by atoms with Gasteiger partial charge >= 0.3 is 0 Å². The Morgan fingerprint density at radius 2 is 2.12 bits per heavy atom. The van der Waals surface area contributed by atoms with Crippen molar-refractivity contribution in [2.24, 2.45) is 0 Å². The zero-order valence-corrected chi connectivity index (χ0v) is 11.1. The molecular weight excluding hydrogens is 217 g/mol. The van der Waals surface area contributed by atoms with Crippen LogP contribution in [0, 0.1) is 5.82 Å². The van der Waals surface area contributed by atoms with Gasteiger partial charge in [0.15, 0.2) is 0 Å². The number of benzene rings is 1. The molecule has 17 heavy (non-hydrogen) atoms. The van der Waals surface area contributed by atoms with E-state index in [0.717, 1.165) is 12.1 Å². The third-order valence-corrected chi connectivity index (χ3v) is 2.72. The van der Waals surface area contributed by atoms with Crippen LogP contribution >= 0.6 is 0 Å². The first-order valence-electron chi connectivity index (χ1n) is 6.07. The lowest BCUT2D eigenvalue weighted by Gasteiger charge is -2.27. The van der Waals surface area contributed by atoms with Gasteiger partial charge in [0.05, 0.1) is 5.60 Å². The molecule has 2 nitrogen and oxygen atoms in total. The van der Waals surface area contributed by atoms with E-state index in [2.05, 4.69) is 5.32 Å². The summed E-state index contributed by atoms with van der Waals surface area (Å²) in [6, 6.07) is 6.79. The average Bonchev–Trinajstić information content (AvgIpc) is 2.26. The Morgan fingerprint density at radius 3 is 2.71 bits per heavy atom. The molecule has 1 unspecified atom stereocenters. The predicted molar refractivity (Wildman–Crippen MR) is 68.5 cm³/mol. The van der Waals surface area contributed by atoms with Crippen molar-refractivity contribution >= 4 is 0 Å². The van der Waals surface area contributed by atoms with E-state index in [1.165, 1.54) is 6.07 Å². The Kier molecular flexibility index (Phi) is 5.09. The maximum atomic E-state index is 13.1. The van der Waals surface area contributed by atoms with Crippen LogP contribution in [0.5, 0.6) is 0 Å². The zero-order chi connectivity index (χ0) is 12.9. The second-order valence-corrected chi connectivity index (χ2v) is 4.85. The zero-order valence-electron chi connectivity index (χ0n) is 11.1. The molecule has 0 aliphatic heterocycles. The van der Waals surface area contributed by atoms with Gasteiger partial charge in [-0.2, -0.15) is 0 Å². The number of ether oxygens (including phenoxy) is 1. The molecule has 0 fully saturated rings. The maximum absolute atomic E-state index is 13.1. The fraction of sp³-hybridized carbons (Fsp3) is 0.571. The summed E-state index contributed by atoms with van der Waals surface area (Å²) < 4.78 is 18.7. The number of hydrogen-bond acceptors (Lipinski definition) is 2. The van der Waals surface area contributed by atoms with Crippen LogP contribution in [0.1, 0.15) is 39.3 Å². The maximum Gasteiger partial charge on any atom is 0.123 e. The van der Waals surface area contributed by atoms with Crippen molar-refractivity contribution in [2.75, 3.05) is 13.2 Å². The number of hydrogen-bond donors (Lipinski definition) is 1. The smallest absolute Gasteiger partial charge is 0.123 e. The van der Waals surface area contributed by atoms with E-state index in [9.17, 15) is 4.39 Å². The highest BCUT2D eigenvalue weighted by atomic mass is 19.1. The lowest BCUT2D eigenvalue weighted by atomic mass is 10.1. The summed E-state index contributed by atoms with van der Waals surface area (Å²) in [6.07, 6.45) is 0. The molecule has 0 radical (unpaired) electrons. The summed E-state index contributed by atoms with van der Waals surface area (Å²) in [4.78, 5) is 0. The Bertz CT molecular complexity index is 352. The molecule has 0 saturated carbocycles. The van der Waals surface area contributed by atoms with Gasteiger partial charge < -0.3 is 10.1 Å². The Morgan fingerprint density at radius 1 is 1.41 bits per heavy atom. The molecule has 1 rings (SSSR count). The summed E-state index contributed by atoms with van der Waals surface area (Å²) in [5.41, 5.74) is 0.758. The first-order valence-corrected chi connectivity index (χ1v) is 6.07. The molecule has 1 N–H and O–H groups in total. The second-order valence-electron chi connectivity index (χ2n) is 4.85. The minimum atomic E-state index is -0.198. The summed E-state index contributed by atoms with van der Waals surface area (Å²) in [6.45, 7) is 9.53. The van der Waals surface area contributed by atoms with E-state index in [-0.39, 0.29) is 17.5 Å². The summed E-state index contributed by atoms with van der Waals surface area (Å²) in [5.74, 6) is -0.194. The first-order chi connectivity index (χ1) is 7.94. The monoisotopic (exact) mass is 239 g/mol. The molecule has 3 heteroatoms. The van der Waals surface area contributed by atoms with Crippen molar-refractivity contribution in [2.45, 2.75) is 39.3 Å². The number of nitrogens with one attached hydrogen (secondary N) is 1. The minimum absolute atomic E-state index is 0.116. The fourth-order valence-corrected chi connectivity index (χ4v) is 1.73. The summed E-state index contributed by atoms with van der Waals surface area (Å²) >= 11 is 0. The van der Waals surface area contributed by atoms with Crippen molar-refractivity contribution < 1.29 is 9.13 Å². The fourth-order valence-electron chi connectivity index (χ4n) is 1.73. The summed E-state index contributed by atoms with van der Waals surface area (Å²) in [5, 5.41) is 3.36. The van der Waals surface area contributed by atoms with Crippen molar-refractivity contribution in [3.8, 4) is 0 Å². The predicted octanol–water partition coefficient (Wildman–Crippen LogP) is 3.29. The quantitative estimate of drug-likeness (QED) is 0.822. The lowest BCUT2D eigenvalue weighted by Crippen LogP contribution is -2.38. The SMILES string of the molecule is CCOC(C)(C)CNC(C)c1cccc(F)c1. The molecular formula is C14H22FNO. The van der Waals surface area contributed by atoms with Crippen molar-refractivity contribution in [3.05, 3.63) is 35.6 Å². The molecule has 0 aromatic heterocycles. The number of rotatable bonds is 6. The number of halogens is 1. The molecule has 0 heterocycles. The summed E-state index contributed by atoms with van der Waals surface area (Å²) in [7, 11) is 0. The minimum Gasteiger partial charge on any atom is -0.375 e. The highest BCUT2D eigenvalue weighted by molar-refractivity contribution is 5.19. The second kappa shape index (κ2) is 6.12. The topological polar surface area (TPSA) is 21.3 Å². The van der Waals surface area contributed by atoms with Gasteiger partial charge in [-0.15, -0.1) is 0 Å². The van der Waals surface area contributed by atoms with E-state index >= 15 is 0 Å². The highest BCUT2D eigenvalue weighted by Gasteiger charge is 2.18. The molecule has 1 aromatic carbocycles. The van der Waals surface area contributed by atoms with Gasteiger partial charge in [-0.25, -0.2) is 4.39 Å². The molecule has 96 valence electrons. The molecule has 0 bridgehead atoms. The van der Waals surface area contributed by atoms with Crippen LogP contribution in [0.15, 0.2) is 24.3 Å². The van der Waals surface area contributed by atoms with Gasteiger partial charge in [0.2, 0.25) is 0 Å². The highest BCUT2D eigenvalue weighted by Crippen LogP contribution is 2.15. The van der Waals surface area contributed by atoms with Gasteiger partial charge in [0.1, 0.15) is 5.82 Å². The van der Waals surface area contributed by atoms with E-state index in [1.54, 1.807) is 12.1 Å². The average molecular weight is 239 g/mol. The van der Waals surface area contributed by atoms with Crippen LogP contribution in [-0.2, 0) is 4.74 Å². The Balaban J connectivity index is 2.52. The molecule has 0 saturated heterocycles. The standard InChI is InChI=1S/C14H22FNO/c1-5-17-14(3,4)10-16-11(2)12-7-6-8-13(15)9-12/h6-9,11,16H,5,10H2,1-4H3. The third kappa shape index (κ3) is 4.84. The van der Waals surface area contributed by atoms with Crippen molar-refractivity contribution in [1.29, 1.82) is 0 Å².